The van der Waals surface area contributed by atoms with Gasteiger partial charge in [0, 0.05) is 0 Å². The summed E-state index contributed by atoms with van der Waals surface area (Å²) in [5, 5.41) is 0. The molecule has 4 atom stereocenters. The Balaban J connectivity index is 1.42. The van der Waals surface area contributed by atoms with Gasteiger partial charge >= 0.3 is 0 Å². The monoisotopic (exact) mass is 382 g/mol. The number of fused-ring (bicyclic) bond motifs is 1. The minimum Gasteiger partial charge on any atom is -0.0697 e. The average Bonchev–Trinajstić information content (AvgIpc) is 3.28. The first-order valence-corrected chi connectivity index (χ1v) is 12.8. The third-order valence-electron chi connectivity index (χ3n) is 9.46. The molecule has 0 heteroatoms. The Morgan fingerprint density at radius 2 is 1.71 bits per heavy atom. The lowest BCUT2D eigenvalue weighted by Gasteiger charge is -2.44. The van der Waals surface area contributed by atoms with Gasteiger partial charge in [-0.05, 0) is 105 Å². The van der Waals surface area contributed by atoms with E-state index in [1.165, 1.54) is 89.9 Å². The zero-order valence-electron chi connectivity index (χ0n) is 19.4. The molecule has 4 aliphatic rings. The molecule has 0 aromatic rings. The van der Waals surface area contributed by atoms with Crippen molar-refractivity contribution in [2.24, 2.45) is 34.5 Å². The molecule has 4 rings (SSSR count). The molecule has 1 spiro atoms. The predicted octanol–water partition coefficient (Wildman–Crippen LogP) is 8.87. The van der Waals surface area contributed by atoms with E-state index >= 15 is 0 Å². The Kier molecular flexibility index (Phi) is 6.16. The van der Waals surface area contributed by atoms with Gasteiger partial charge in [-0.3, -0.25) is 0 Å². The summed E-state index contributed by atoms with van der Waals surface area (Å²) in [5.41, 5.74) is 4.96. The largest absolute Gasteiger partial charge is 0.0697 e. The first kappa shape index (κ1) is 20.7. The highest BCUT2D eigenvalue weighted by atomic mass is 14.5. The van der Waals surface area contributed by atoms with Crippen LogP contribution in [0.15, 0.2) is 23.3 Å². The quantitative estimate of drug-likeness (QED) is 0.430. The molecule has 158 valence electrons. The molecule has 4 fully saturated rings. The maximum absolute atomic E-state index is 2.67. The van der Waals surface area contributed by atoms with Gasteiger partial charge in [0.05, 0.1) is 0 Å². The van der Waals surface area contributed by atoms with Gasteiger partial charge in [0.25, 0.3) is 0 Å². The fraction of sp³-hybridized carbons (Fsp3) is 0.857. The van der Waals surface area contributed by atoms with Gasteiger partial charge in [0.15, 0.2) is 0 Å². The van der Waals surface area contributed by atoms with E-state index < -0.39 is 0 Å². The number of hydrogen-bond acceptors (Lipinski definition) is 0. The molecule has 0 saturated heterocycles. The number of allylic oxidation sites excluding steroid dienone is 4. The van der Waals surface area contributed by atoms with E-state index in [2.05, 4.69) is 39.8 Å². The van der Waals surface area contributed by atoms with Crippen molar-refractivity contribution in [3.63, 3.8) is 0 Å². The van der Waals surface area contributed by atoms with E-state index in [4.69, 9.17) is 0 Å². The van der Waals surface area contributed by atoms with E-state index in [-0.39, 0.29) is 0 Å². The maximum Gasteiger partial charge on any atom is -0.0143 e. The van der Waals surface area contributed by atoms with E-state index in [0.29, 0.717) is 5.41 Å². The Bertz CT molecular complexity index is 602. The standard InChI is InChI=1S/C28H46/c1-21(2)8-5-9-22(3)25-14-15-26-24(11-7-16-27(25,26)4)13-12-23-10-6-17-28(20-23)18-19-28/h12-13,21-22,25-26H,5-11,14-20H2,1-4H3/b23-12+,24-13+. The summed E-state index contributed by atoms with van der Waals surface area (Å²) in [7, 11) is 0. The molecule has 4 unspecified atom stereocenters. The van der Waals surface area contributed by atoms with E-state index in [9.17, 15) is 0 Å². The summed E-state index contributed by atoms with van der Waals surface area (Å²) >= 11 is 0. The highest BCUT2D eigenvalue weighted by molar-refractivity contribution is 5.27. The Morgan fingerprint density at radius 3 is 2.46 bits per heavy atom. The first-order chi connectivity index (χ1) is 13.4. The van der Waals surface area contributed by atoms with Crippen LogP contribution in [0.1, 0.15) is 118 Å². The molecule has 0 amide bonds. The zero-order valence-corrected chi connectivity index (χ0v) is 19.4. The summed E-state index contributed by atoms with van der Waals surface area (Å²) in [6.07, 6.45) is 25.6. The molecule has 28 heavy (non-hydrogen) atoms. The molecule has 0 aromatic carbocycles. The second kappa shape index (κ2) is 8.31. The van der Waals surface area contributed by atoms with Crippen LogP contribution in [0.25, 0.3) is 0 Å². The minimum absolute atomic E-state index is 0.587. The van der Waals surface area contributed by atoms with Crippen LogP contribution in [-0.2, 0) is 0 Å². The van der Waals surface area contributed by atoms with Crippen molar-refractivity contribution in [2.75, 3.05) is 0 Å². The van der Waals surface area contributed by atoms with Gasteiger partial charge in [0.1, 0.15) is 0 Å². The first-order valence-electron chi connectivity index (χ1n) is 12.8. The molecule has 0 aromatic heterocycles. The van der Waals surface area contributed by atoms with E-state index in [1.54, 1.807) is 5.57 Å². The summed E-state index contributed by atoms with van der Waals surface area (Å²) in [4.78, 5) is 0. The van der Waals surface area contributed by atoms with E-state index in [1.807, 2.05) is 5.57 Å². The van der Waals surface area contributed by atoms with Gasteiger partial charge in [-0.1, -0.05) is 70.3 Å². The Morgan fingerprint density at radius 1 is 0.929 bits per heavy atom. The molecular formula is C28H46. The van der Waals surface area contributed by atoms with Crippen LogP contribution in [0, 0.1) is 34.5 Å². The molecule has 4 aliphatic carbocycles. The van der Waals surface area contributed by atoms with Crippen LogP contribution >= 0.6 is 0 Å². The number of hydrogen-bond donors (Lipinski definition) is 0. The lowest BCUT2D eigenvalue weighted by molar-refractivity contribution is 0.0929. The van der Waals surface area contributed by atoms with Gasteiger partial charge in [-0.15, -0.1) is 0 Å². The van der Waals surface area contributed by atoms with Crippen molar-refractivity contribution in [1.82, 2.24) is 0 Å². The van der Waals surface area contributed by atoms with Crippen LogP contribution in [-0.4, -0.2) is 0 Å². The Labute approximate surface area is 175 Å². The average molecular weight is 383 g/mol. The highest BCUT2D eigenvalue weighted by Crippen LogP contribution is 2.60. The topological polar surface area (TPSA) is 0 Å². The molecular weight excluding hydrogens is 336 g/mol. The number of rotatable bonds is 6. The fourth-order valence-corrected chi connectivity index (χ4v) is 7.58. The molecule has 0 aliphatic heterocycles. The molecule has 0 heterocycles. The van der Waals surface area contributed by atoms with Gasteiger partial charge in [-0.25, -0.2) is 0 Å². The van der Waals surface area contributed by atoms with Crippen LogP contribution in [0.4, 0.5) is 0 Å². The Hall–Kier alpha value is -0.520. The molecule has 0 bridgehead atoms. The van der Waals surface area contributed by atoms with Crippen LogP contribution < -0.4 is 0 Å². The molecule has 0 N–H and O–H groups in total. The van der Waals surface area contributed by atoms with Crippen molar-refractivity contribution in [3.05, 3.63) is 23.3 Å². The minimum atomic E-state index is 0.587. The smallest absolute Gasteiger partial charge is 0.0143 e. The summed E-state index contributed by atoms with van der Waals surface area (Å²) in [6.45, 7) is 10.0. The molecule has 0 radical (unpaired) electrons. The van der Waals surface area contributed by atoms with Crippen LogP contribution in [0.3, 0.4) is 0 Å². The predicted molar refractivity (Wildman–Crippen MR) is 122 cm³/mol. The summed E-state index contributed by atoms with van der Waals surface area (Å²) in [5.74, 6) is 3.63. The highest BCUT2D eigenvalue weighted by Gasteiger charge is 2.50. The SMILES string of the molecule is CC(C)CCCC(C)C1CCC2/C(=C/C=C3\CCCC4(CC4)C3)CCCC21C. The summed E-state index contributed by atoms with van der Waals surface area (Å²) < 4.78 is 0. The lowest BCUT2D eigenvalue weighted by Crippen LogP contribution is -2.36. The van der Waals surface area contributed by atoms with Gasteiger partial charge in [-0.2, -0.15) is 0 Å². The van der Waals surface area contributed by atoms with Crippen molar-refractivity contribution < 1.29 is 0 Å². The normalized spacial score (nSPS) is 38.3. The van der Waals surface area contributed by atoms with Crippen LogP contribution in [0.5, 0.6) is 0 Å². The third kappa shape index (κ3) is 4.32. The van der Waals surface area contributed by atoms with Crippen molar-refractivity contribution in [3.8, 4) is 0 Å². The maximum atomic E-state index is 2.67. The second-order valence-corrected chi connectivity index (χ2v) is 12.0. The van der Waals surface area contributed by atoms with Crippen molar-refractivity contribution >= 4 is 0 Å². The second-order valence-electron chi connectivity index (χ2n) is 12.0. The van der Waals surface area contributed by atoms with Crippen molar-refractivity contribution in [1.29, 1.82) is 0 Å². The van der Waals surface area contributed by atoms with Crippen molar-refractivity contribution in [2.45, 2.75) is 118 Å². The third-order valence-corrected chi connectivity index (χ3v) is 9.46. The fourth-order valence-electron chi connectivity index (χ4n) is 7.58. The summed E-state index contributed by atoms with van der Waals surface area (Å²) in [6, 6.07) is 0. The van der Waals surface area contributed by atoms with E-state index in [0.717, 1.165) is 29.1 Å². The van der Waals surface area contributed by atoms with Crippen LogP contribution in [0.2, 0.25) is 0 Å². The van der Waals surface area contributed by atoms with Gasteiger partial charge < -0.3 is 0 Å². The molecule has 0 nitrogen and oxygen atoms in total. The molecule has 4 saturated carbocycles. The lowest BCUT2D eigenvalue weighted by atomic mass is 9.60. The zero-order chi connectivity index (χ0) is 19.8. The van der Waals surface area contributed by atoms with Gasteiger partial charge in [0.2, 0.25) is 0 Å².